The van der Waals surface area contributed by atoms with E-state index in [-0.39, 0.29) is 59.0 Å². The average molecular weight is 622 g/mol. The molecule has 0 saturated heterocycles. The van der Waals surface area contributed by atoms with Crippen molar-refractivity contribution in [2.24, 2.45) is 0 Å². The highest BCUT2D eigenvalue weighted by Gasteiger charge is 2.37. The van der Waals surface area contributed by atoms with Gasteiger partial charge in [0.05, 0.1) is 35.5 Å². The van der Waals surface area contributed by atoms with Crippen molar-refractivity contribution in [1.82, 2.24) is 29.7 Å². The fourth-order valence-electron chi connectivity index (χ4n) is 3.99. The Kier molecular flexibility index (Phi) is 9.20. The van der Waals surface area contributed by atoms with Gasteiger partial charge in [-0.1, -0.05) is 11.6 Å². The van der Waals surface area contributed by atoms with Crippen LogP contribution in [0.15, 0.2) is 24.8 Å². The average Bonchev–Trinajstić information content (AvgIpc) is 3.23. The molecule has 0 aromatic carbocycles. The maximum Gasteiger partial charge on any atom is 0.422 e. The van der Waals surface area contributed by atoms with E-state index in [4.69, 9.17) is 30.5 Å². The van der Waals surface area contributed by atoms with Gasteiger partial charge in [-0.3, -0.25) is 14.3 Å². The van der Waals surface area contributed by atoms with Crippen molar-refractivity contribution in [3.8, 4) is 22.9 Å². The number of fused-ring (bicyclic) bond motifs is 3. The second-order valence-corrected chi connectivity index (χ2v) is 11.7. The lowest BCUT2D eigenvalue weighted by Gasteiger charge is -2.26. The summed E-state index contributed by atoms with van der Waals surface area (Å²) in [6.45, 7) is 3.21. The Labute approximate surface area is 238 Å². The Bertz CT molecular complexity index is 1460. The number of anilines is 1. The second kappa shape index (κ2) is 12.3. The Morgan fingerprint density at radius 1 is 1.17 bits per heavy atom. The number of sulfonamides is 1. The minimum Gasteiger partial charge on any atom is -0.487 e. The number of nitrogens with zero attached hydrogens (tertiary/aromatic N) is 6. The van der Waals surface area contributed by atoms with Gasteiger partial charge in [0, 0.05) is 25.7 Å². The number of pyridine rings is 1. The maximum atomic E-state index is 13.6. The topological polar surface area (TPSA) is 152 Å². The third-order valence-corrected chi connectivity index (χ3v) is 7.69. The predicted octanol–water partition coefficient (Wildman–Crippen LogP) is 3.60. The van der Waals surface area contributed by atoms with E-state index in [2.05, 4.69) is 29.9 Å². The lowest BCUT2D eigenvalue weighted by molar-refractivity contribution is -0.153. The first-order chi connectivity index (χ1) is 19.3. The summed E-state index contributed by atoms with van der Waals surface area (Å²) >= 11 is 5.89. The highest BCUT2D eigenvalue weighted by Crippen LogP contribution is 2.42. The van der Waals surface area contributed by atoms with Crippen LogP contribution in [-0.2, 0) is 19.5 Å². The Morgan fingerprint density at radius 3 is 2.51 bits per heavy atom. The number of hydrogen-bond acceptors (Lipinski definition) is 11. The molecule has 0 radical (unpaired) electrons. The van der Waals surface area contributed by atoms with Crippen LogP contribution in [0, 0.1) is 0 Å². The van der Waals surface area contributed by atoms with Crippen molar-refractivity contribution in [3.05, 3.63) is 35.6 Å². The molecule has 0 spiro atoms. The zero-order chi connectivity index (χ0) is 29.9. The van der Waals surface area contributed by atoms with Crippen LogP contribution < -0.4 is 14.2 Å². The predicted molar refractivity (Wildman–Crippen MR) is 139 cm³/mol. The number of rotatable bonds is 11. The van der Waals surface area contributed by atoms with Crippen LogP contribution in [-0.4, -0.2) is 82.6 Å². The molecule has 18 heteroatoms. The van der Waals surface area contributed by atoms with Gasteiger partial charge >= 0.3 is 6.18 Å². The van der Waals surface area contributed by atoms with Crippen molar-refractivity contribution in [2.45, 2.75) is 50.4 Å². The summed E-state index contributed by atoms with van der Waals surface area (Å²) in [7, 11) is -2.81. The Hall–Kier alpha value is -3.28. The van der Waals surface area contributed by atoms with E-state index in [9.17, 15) is 21.6 Å². The number of methoxy groups -OCH3 is 1. The maximum absolute atomic E-state index is 13.6. The van der Waals surface area contributed by atoms with Crippen molar-refractivity contribution in [2.75, 3.05) is 31.7 Å². The van der Waals surface area contributed by atoms with Crippen LogP contribution in [0.25, 0.3) is 11.4 Å². The van der Waals surface area contributed by atoms with Crippen LogP contribution in [0.2, 0.25) is 5.02 Å². The number of alkyl halides is 3. The standard InChI is InChI=1S/C23H27ClF3N7O6S/c1-12(2)40-18(20-29-5-14(24)6-30-20)13(3)41(35,36)33-22-32-31-21-16-7-28-8-17(39-11-23(25,26)27)19(16)38-10-15(9-37-4)34(21)22/h5-8,12-13,15,18H,9-11H2,1-4H3,(H,32,33)/t13?,15-,18?/m1/s1. The Balaban J connectivity index is 1.71. The first-order valence-electron chi connectivity index (χ1n) is 12.2. The van der Waals surface area contributed by atoms with Crippen LogP contribution in [0.3, 0.4) is 0 Å². The van der Waals surface area contributed by atoms with Crippen molar-refractivity contribution in [3.63, 3.8) is 0 Å². The monoisotopic (exact) mass is 621 g/mol. The Morgan fingerprint density at radius 2 is 1.88 bits per heavy atom. The normalized spacial score (nSPS) is 16.8. The summed E-state index contributed by atoms with van der Waals surface area (Å²) in [5.74, 6) is -0.319. The highest BCUT2D eigenvalue weighted by atomic mass is 35.5. The molecule has 1 N–H and O–H groups in total. The highest BCUT2D eigenvalue weighted by molar-refractivity contribution is 7.93. The molecular weight excluding hydrogens is 595 g/mol. The lowest BCUT2D eigenvalue weighted by Crippen LogP contribution is -2.35. The van der Waals surface area contributed by atoms with Gasteiger partial charge in [0.1, 0.15) is 18.0 Å². The fraction of sp³-hybridized carbons (Fsp3) is 0.522. The number of halogens is 4. The van der Waals surface area contributed by atoms with Gasteiger partial charge in [0.15, 0.2) is 29.8 Å². The zero-order valence-corrected chi connectivity index (χ0v) is 23.9. The molecule has 3 aromatic rings. The van der Waals surface area contributed by atoms with E-state index in [0.717, 1.165) is 6.20 Å². The SMILES string of the molecule is COC[C@@H]1COc2c(OCC(F)(F)F)cncc2-c2nnc(NS(=O)(=O)C(C)C(OC(C)C)c3ncc(Cl)cn3)n21. The first kappa shape index (κ1) is 30.7. The third-order valence-electron chi connectivity index (χ3n) is 5.80. The van der Waals surface area contributed by atoms with Gasteiger partial charge < -0.3 is 18.9 Å². The summed E-state index contributed by atoms with van der Waals surface area (Å²) in [5.41, 5.74) is 0.143. The molecule has 41 heavy (non-hydrogen) atoms. The van der Waals surface area contributed by atoms with Gasteiger partial charge in [-0.2, -0.15) is 13.2 Å². The molecular formula is C23H27ClF3N7O6S. The van der Waals surface area contributed by atoms with Crippen LogP contribution in [0.4, 0.5) is 19.1 Å². The van der Waals surface area contributed by atoms with Crippen molar-refractivity contribution < 1.29 is 40.5 Å². The largest absolute Gasteiger partial charge is 0.487 e. The number of aromatic nitrogens is 6. The second-order valence-electron chi connectivity index (χ2n) is 9.27. The molecule has 1 aliphatic rings. The first-order valence-corrected chi connectivity index (χ1v) is 14.1. The summed E-state index contributed by atoms with van der Waals surface area (Å²) in [5, 5.41) is 7.18. The van der Waals surface area contributed by atoms with E-state index in [1.807, 2.05) is 0 Å². The van der Waals surface area contributed by atoms with E-state index in [0.29, 0.717) is 0 Å². The number of nitrogens with one attached hydrogen (secondary N) is 1. The molecule has 3 atom stereocenters. The third kappa shape index (κ3) is 7.14. The van der Waals surface area contributed by atoms with Gasteiger partial charge in [-0.15, -0.1) is 10.2 Å². The van der Waals surface area contributed by atoms with Gasteiger partial charge in [-0.05, 0) is 20.8 Å². The molecule has 13 nitrogen and oxygen atoms in total. The molecule has 224 valence electrons. The number of hydrogen-bond donors (Lipinski definition) is 1. The lowest BCUT2D eigenvalue weighted by atomic mass is 10.2. The minimum absolute atomic E-state index is 0.0210. The van der Waals surface area contributed by atoms with E-state index >= 15 is 0 Å². The molecule has 0 fully saturated rings. The molecule has 0 bridgehead atoms. The van der Waals surface area contributed by atoms with E-state index < -0.39 is 40.2 Å². The van der Waals surface area contributed by atoms with E-state index in [1.165, 1.54) is 37.2 Å². The molecule has 0 aliphatic carbocycles. The molecule has 0 amide bonds. The summed E-state index contributed by atoms with van der Waals surface area (Å²) in [6.07, 6.45) is -0.992. The molecule has 4 heterocycles. The molecule has 3 aromatic heterocycles. The smallest absolute Gasteiger partial charge is 0.422 e. The fourth-order valence-corrected chi connectivity index (χ4v) is 5.17. The van der Waals surface area contributed by atoms with Crippen LogP contribution in [0.1, 0.15) is 38.7 Å². The summed E-state index contributed by atoms with van der Waals surface area (Å²) in [4.78, 5) is 12.2. The minimum atomic E-state index is -4.59. The molecule has 2 unspecified atom stereocenters. The number of ether oxygens (including phenoxy) is 4. The zero-order valence-electron chi connectivity index (χ0n) is 22.3. The van der Waals surface area contributed by atoms with Crippen molar-refractivity contribution >= 4 is 27.6 Å². The molecule has 0 saturated carbocycles. The summed E-state index contributed by atoms with van der Waals surface area (Å²) < 4.78 is 91.5. The van der Waals surface area contributed by atoms with Gasteiger partial charge in [0.2, 0.25) is 16.0 Å². The van der Waals surface area contributed by atoms with Crippen LogP contribution >= 0.6 is 11.6 Å². The van der Waals surface area contributed by atoms with Gasteiger partial charge in [-0.25, -0.2) is 18.4 Å². The summed E-state index contributed by atoms with van der Waals surface area (Å²) in [6, 6.07) is -0.691. The quantitative estimate of drug-likeness (QED) is 0.334. The van der Waals surface area contributed by atoms with Crippen molar-refractivity contribution in [1.29, 1.82) is 0 Å². The molecule has 1 aliphatic heterocycles. The van der Waals surface area contributed by atoms with Crippen LogP contribution in [0.5, 0.6) is 11.5 Å². The van der Waals surface area contributed by atoms with Gasteiger partial charge in [0.25, 0.3) is 0 Å². The molecule has 4 rings (SSSR count). The van der Waals surface area contributed by atoms with E-state index in [1.54, 1.807) is 13.8 Å².